The van der Waals surface area contributed by atoms with Gasteiger partial charge in [0.2, 0.25) is 0 Å². The van der Waals surface area contributed by atoms with Crippen LogP contribution in [0.2, 0.25) is 0 Å². The highest BCUT2D eigenvalue weighted by Gasteiger charge is 2.27. The number of hydrogen-bond donors (Lipinski definition) is 3. The molecule has 4 rings (SSSR count). The van der Waals surface area contributed by atoms with E-state index in [1.165, 1.54) is 16.7 Å². The fourth-order valence-corrected chi connectivity index (χ4v) is 5.39. The second-order valence-electron chi connectivity index (χ2n) is 12.7. The van der Waals surface area contributed by atoms with E-state index in [2.05, 4.69) is 59.7 Å². The number of rotatable bonds is 0. The van der Waals surface area contributed by atoms with Crippen LogP contribution in [0, 0.1) is 0 Å². The number of phenolic OH excluding ortho intramolecular Hbond substituents is 3. The van der Waals surface area contributed by atoms with Gasteiger partial charge in [0.15, 0.2) is 0 Å². The van der Waals surface area contributed by atoms with Crippen molar-refractivity contribution >= 4 is 0 Å². The lowest BCUT2D eigenvalue weighted by molar-refractivity contribution is 0.433. The molecule has 3 aromatic rings. The molecule has 6 bridgehead atoms. The molecule has 0 unspecified atom stereocenters. The first-order valence-electron chi connectivity index (χ1n) is 13.3. The van der Waals surface area contributed by atoms with Crippen LogP contribution in [0.5, 0.6) is 17.2 Å². The Bertz CT molecular complexity index is 1090. The predicted octanol–water partition coefficient (Wildman–Crippen LogP) is 7.85. The molecule has 3 nitrogen and oxygen atoms in total. The van der Waals surface area contributed by atoms with Crippen molar-refractivity contribution in [3.05, 3.63) is 88.0 Å². The van der Waals surface area contributed by atoms with E-state index >= 15 is 0 Å². The molecular formula is C33H42O3. The molecule has 0 radical (unpaired) electrons. The Morgan fingerprint density at radius 1 is 0.444 bits per heavy atom. The van der Waals surface area contributed by atoms with Crippen molar-refractivity contribution in [2.75, 3.05) is 0 Å². The minimum absolute atomic E-state index is 0.104. The predicted molar refractivity (Wildman–Crippen MR) is 148 cm³/mol. The number of aryl methyl sites for hydroxylation is 3. The fraction of sp³-hybridized carbons (Fsp3) is 0.455. The number of fused-ring (bicyclic) bond motifs is 6. The summed E-state index contributed by atoms with van der Waals surface area (Å²) in [6.07, 6.45) is 4.98. The van der Waals surface area contributed by atoms with Gasteiger partial charge in [-0.1, -0.05) is 77.9 Å². The van der Waals surface area contributed by atoms with Crippen LogP contribution in [0.1, 0.15) is 94.2 Å². The topological polar surface area (TPSA) is 60.7 Å². The average molecular weight is 487 g/mol. The zero-order chi connectivity index (χ0) is 26.3. The first kappa shape index (κ1) is 26.1. The van der Waals surface area contributed by atoms with Crippen LogP contribution in [-0.4, -0.2) is 15.3 Å². The van der Waals surface area contributed by atoms with Gasteiger partial charge in [0, 0.05) is 0 Å². The van der Waals surface area contributed by atoms with Gasteiger partial charge < -0.3 is 15.3 Å². The average Bonchev–Trinajstić information content (AvgIpc) is 2.81. The van der Waals surface area contributed by atoms with E-state index in [1.54, 1.807) is 0 Å². The Hall–Kier alpha value is -2.94. The van der Waals surface area contributed by atoms with Gasteiger partial charge in [0.25, 0.3) is 0 Å². The standard InChI is InChI=1S/C33H42O3/c1-31(2)16-13-22-20-26(8-11-29(22)35)33(5,6)18-15-24-21-27(9-12-30(24)36)32(3,4)17-14-23-19-25(31)7-10-28(23)34/h7-12,19-21,34-36H,13-18H2,1-6H3. The molecule has 3 N–H and O–H groups in total. The van der Waals surface area contributed by atoms with Crippen LogP contribution in [0.15, 0.2) is 54.6 Å². The second-order valence-corrected chi connectivity index (χ2v) is 12.7. The van der Waals surface area contributed by atoms with Crippen LogP contribution < -0.4 is 0 Å². The summed E-state index contributed by atoms with van der Waals surface area (Å²) in [5.74, 6) is 1.04. The summed E-state index contributed by atoms with van der Waals surface area (Å²) in [6.45, 7) is 13.5. The van der Waals surface area contributed by atoms with Gasteiger partial charge in [0.05, 0.1) is 0 Å². The van der Waals surface area contributed by atoms with E-state index in [-0.39, 0.29) is 16.2 Å². The molecule has 192 valence electrons. The second kappa shape index (κ2) is 9.50. The Labute approximate surface area is 216 Å². The maximum atomic E-state index is 10.7. The lowest BCUT2D eigenvalue weighted by Crippen LogP contribution is -2.21. The molecule has 0 heterocycles. The number of benzene rings is 3. The van der Waals surface area contributed by atoms with Crippen LogP contribution in [0.3, 0.4) is 0 Å². The molecule has 0 atom stereocenters. The molecule has 1 aliphatic carbocycles. The van der Waals surface area contributed by atoms with Gasteiger partial charge >= 0.3 is 0 Å². The van der Waals surface area contributed by atoms with Crippen molar-refractivity contribution in [2.45, 2.75) is 96.3 Å². The van der Waals surface area contributed by atoms with E-state index in [4.69, 9.17) is 0 Å². The molecule has 0 fully saturated rings. The Morgan fingerprint density at radius 3 is 0.944 bits per heavy atom. The van der Waals surface area contributed by atoms with Crippen LogP contribution in [0.25, 0.3) is 0 Å². The number of hydrogen-bond acceptors (Lipinski definition) is 3. The van der Waals surface area contributed by atoms with E-state index in [0.717, 1.165) is 55.2 Å². The molecule has 0 aromatic heterocycles. The van der Waals surface area contributed by atoms with Crippen molar-refractivity contribution in [3.8, 4) is 17.2 Å². The van der Waals surface area contributed by atoms with Crippen molar-refractivity contribution in [2.24, 2.45) is 0 Å². The molecular weight excluding hydrogens is 444 g/mol. The molecule has 1 aliphatic rings. The lowest BCUT2D eigenvalue weighted by Gasteiger charge is -2.30. The van der Waals surface area contributed by atoms with Crippen molar-refractivity contribution in [1.82, 2.24) is 0 Å². The molecule has 0 amide bonds. The summed E-state index contributed by atoms with van der Waals surface area (Å²) in [5, 5.41) is 32.0. The maximum absolute atomic E-state index is 10.7. The zero-order valence-corrected chi connectivity index (χ0v) is 22.8. The van der Waals surface area contributed by atoms with Gasteiger partial charge in [-0.25, -0.2) is 0 Å². The van der Waals surface area contributed by atoms with E-state index < -0.39 is 0 Å². The summed E-state index contributed by atoms with van der Waals surface area (Å²) >= 11 is 0. The third kappa shape index (κ3) is 5.40. The Morgan fingerprint density at radius 2 is 0.694 bits per heavy atom. The number of phenols is 3. The van der Waals surface area contributed by atoms with E-state index in [0.29, 0.717) is 17.2 Å². The molecule has 3 heteroatoms. The van der Waals surface area contributed by atoms with E-state index in [9.17, 15) is 15.3 Å². The summed E-state index contributed by atoms with van der Waals surface area (Å²) in [4.78, 5) is 0. The van der Waals surface area contributed by atoms with Gasteiger partial charge in [-0.3, -0.25) is 0 Å². The maximum Gasteiger partial charge on any atom is 0.118 e. The smallest absolute Gasteiger partial charge is 0.118 e. The fourth-order valence-electron chi connectivity index (χ4n) is 5.39. The Balaban J connectivity index is 1.80. The summed E-state index contributed by atoms with van der Waals surface area (Å²) in [6, 6.07) is 18.1. The van der Waals surface area contributed by atoms with Gasteiger partial charge in [-0.15, -0.1) is 0 Å². The summed E-state index contributed by atoms with van der Waals surface area (Å²) in [7, 11) is 0. The van der Waals surface area contributed by atoms with E-state index in [1.807, 2.05) is 36.4 Å². The summed E-state index contributed by atoms with van der Waals surface area (Å²) < 4.78 is 0. The minimum Gasteiger partial charge on any atom is -0.508 e. The van der Waals surface area contributed by atoms with Crippen LogP contribution in [-0.2, 0) is 35.5 Å². The minimum atomic E-state index is -0.104. The third-order valence-corrected chi connectivity index (χ3v) is 8.64. The molecule has 0 spiro atoms. The number of aromatic hydroxyl groups is 3. The summed E-state index contributed by atoms with van der Waals surface area (Å²) in [5.41, 5.74) is 6.22. The van der Waals surface area contributed by atoms with Crippen LogP contribution in [0.4, 0.5) is 0 Å². The molecule has 3 aromatic carbocycles. The van der Waals surface area contributed by atoms with Crippen molar-refractivity contribution in [1.29, 1.82) is 0 Å². The van der Waals surface area contributed by atoms with Gasteiger partial charge in [-0.05, 0) is 106 Å². The third-order valence-electron chi connectivity index (χ3n) is 8.64. The Kier molecular flexibility index (Phi) is 6.90. The lowest BCUT2D eigenvalue weighted by atomic mass is 9.75. The van der Waals surface area contributed by atoms with Crippen molar-refractivity contribution < 1.29 is 15.3 Å². The monoisotopic (exact) mass is 486 g/mol. The highest BCUT2D eigenvalue weighted by Crippen LogP contribution is 2.39. The van der Waals surface area contributed by atoms with Gasteiger partial charge in [0.1, 0.15) is 17.2 Å². The van der Waals surface area contributed by atoms with Crippen molar-refractivity contribution in [3.63, 3.8) is 0 Å². The highest BCUT2D eigenvalue weighted by molar-refractivity contribution is 5.43. The quantitative estimate of drug-likeness (QED) is 0.303. The molecule has 0 saturated heterocycles. The molecule has 0 saturated carbocycles. The van der Waals surface area contributed by atoms with Gasteiger partial charge in [-0.2, -0.15) is 0 Å². The van der Waals surface area contributed by atoms with Crippen LogP contribution >= 0.6 is 0 Å². The largest absolute Gasteiger partial charge is 0.508 e. The normalized spacial score (nSPS) is 19.2. The zero-order valence-electron chi connectivity index (χ0n) is 22.8. The molecule has 36 heavy (non-hydrogen) atoms. The SMILES string of the molecule is CC1(C)CCc2cc(ccc2O)C(C)(C)CCc2cc(ccc2O)C(C)(C)CCc2cc1ccc2O. The highest BCUT2D eigenvalue weighted by atomic mass is 16.3. The first-order chi connectivity index (χ1) is 16.8. The first-order valence-corrected chi connectivity index (χ1v) is 13.3. The molecule has 0 aliphatic heterocycles.